The van der Waals surface area contributed by atoms with Gasteiger partial charge in [-0.3, -0.25) is 4.79 Å². The number of amides is 1. The first-order valence-electron chi connectivity index (χ1n) is 7.78. The normalized spacial score (nSPS) is 26.4. The van der Waals surface area contributed by atoms with Crippen LogP contribution in [-0.4, -0.2) is 43.1 Å². The maximum atomic E-state index is 12.7. The van der Waals surface area contributed by atoms with Crippen molar-refractivity contribution in [3.05, 3.63) is 35.4 Å². The summed E-state index contributed by atoms with van der Waals surface area (Å²) < 4.78 is 5.14. The van der Waals surface area contributed by atoms with Crippen LogP contribution in [0.15, 0.2) is 24.3 Å². The van der Waals surface area contributed by atoms with Gasteiger partial charge in [0.2, 0.25) is 0 Å². The maximum absolute atomic E-state index is 12.7. The monoisotopic (exact) mass is 324 g/mol. The van der Waals surface area contributed by atoms with Crippen LogP contribution in [0, 0.1) is 0 Å². The van der Waals surface area contributed by atoms with Crippen LogP contribution >= 0.6 is 12.4 Å². The SMILES string of the molecule is COCc1cccc(C(=O)N(C)C2CC3CCC(C2)N3)c1.Cl. The van der Waals surface area contributed by atoms with Gasteiger partial charge in [-0.15, -0.1) is 12.4 Å². The Balaban J connectivity index is 0.00000176. The fraction of sp³-hybridized carbons (Fsp3) is 0.588. The number of nitrogens with zero attached hydrogens (tertiary/aromatic N) is 1. The minimum Gasteiger partial charge on any atom is -0.380 e. The number of ether oxygens (including phenoxy) is 1. The molecule has 4 nitrogen and oxygen atoms in total. The second-order valence-corrected chi connectivity index (χ2v) is 6.31. The molecule has 1 amide bonds. The highest BCUT2D eigenvalue weighted by molar-refractivity contribution is 5.94. The number of fused-ring (bicyclic) bond motifs is 2. The van der Waals surface area contributed by atoms with Gasteiger partial charge in [0.25, 0.3) is 5.91 Å². The number of halogens is 1. The highest BCUT2D eigenvalue weighted by Crippen LogP contribution is 2.29. The number of rotatable bonds is 4. The Kier molecular flexibility index (Phi) is 5.84. The molecule has 0 aromatic heterocycles. The summed E-state index contributed by atoms with van der Waals surface area (Å²) in [4.78, 5) is 14.6. The molecule has 1 aromatic rings. The zero-order chi connectivity index (χ0) is 14.8. The van der Waals surface area contributed by atoms with Gasteiger partial charge in [-0.2, -0.15) is 0 Å². The molecule has 0 radical (unpaired) electrons. The van der Waals surface area contributed by atoms with Gasteiger partial charge in [0, 0.05) is 37.8 Å². The van der Waals surface area contributed by atoms with E-state index >= 15 is 0 Å². The molecule has 2 heterocycles. The number of hydrogen-bond donors (Lipinski definition) is 1. The smallest absolute Gasteiger partial charge is 0.253 e. The first-order valence-corrected chi connectivity index (χ1v) is 7.78. The minimum atomic E-state index is 0. The molecule has 2 saturated heterocycles. The molecule has 0 aliphatic carbocycles. The van der Waals surface area contributed by atoms with Crippen LogP contribution in [0.5, 0.6) is 0 Å². The minimum absolute atomic E-state index is 0. The van der Waals surface area contributed by atoms with Crippen molar-refractivity contribution in [2.24, 2.45) is 0 Å². The predicted octanol–water partition coefficient (Wildman–Crippen LogP) is 2.61. The molecular formula is C17H25ClN2O2. The van der Waals surface area contributed by atoms with E-state index in [4.69, 9.17) is 4.74 Å². The van der Waals surface area contributed by atoms with E-state index in [0.717, 1.165) is 24.0 Å². The molecule has 1 N–H and O–H groups in total. The second kappa shape index (κ2) is 7.44. The van der Waals surface area contributed by atoms with E-state index in [1.54, 1.807) is 7.11 Å². The molecule has 3 rings (SSSR count). The Labute approximate surface area is 138 Å². The van der Waals surface area contributed by atoms with Gasteiger partial charge in [0.15, 0.2) is 0 Å². The van der Waals surface area contributed by atoms with Crippen LogP contribution in [-0.2, 0) is 11.3 Å². The van der Waals surface area contributed by atoms with Gasteiger partial charge in [-0.25, -0.2) is 0 Å². The zero-order valence-corrected chi connectivity index (χ0v) is 14.1. The number of piperidine rings is 1. The predicted molar refractivity (Wildman–Crippen MR) is 89.5 cm³/mol. The van der Waals surface area contributed by atoms with Crippen molar-refractivity contribution in [3.8, 4) is 0 Å². The van der Waals surface area contributed by atoms with E-state index in [2.05, 4.69) is 5.32 Å². The van der Waals surface area contributed by atoms with Gasteiger partial charge in [-0.05, 0) is 43.4 Å². The Bertz CT molecular complexity index is 511. The third-order valence-corrected chi connectivity index (χ3v) is 4.80. The Morgan fingerprint density at radius 2 is 2.00 bits per heavy atom. The summed E-state index contributed by atoms with van der Waals surface area (Å²) in [6, 6.07) is 9.33. The number of benzene rings is 1. The zero-order valence-electron chi connectivity index (χ0n) is 13.2. The van der Waals surface area contributed by atoms with Crippen LogP contribution < -0.4 is 5.32 Å². The number of carbonyl (C=O) groups is 1. The van der Waals surface area contributed by atoms with Gasteiger partial charge in [-0.1, -0.05) is 12.1 Å². The average Bonchev–Trinajstić information content (AvgIpc) is 2.84. The summed E-state index contributed by atoms with van der Waals surface area (Å²) in [5.41, 5.74) is 1.81. The van der Waals surface area contributed by atoms with Crippen LogP contribution in [0.2, 0.25) is 0 Å². The number of hydrogen-bond acceptors (Lipinski definition) is 3. The molecule has 22 heavy (non-hydrogen) atoms. The highest BCUT2D eigenvalue weighted by atomic mass is 35.5. The molecule has 1 aromatic carbocycles. The van der Waals surface area contributed by atoms with Gasteiger partial charge in [0.05, 0.1) is 6.61 Å². The molecule has 122 valence electrons. The van der Waals surface area contributed by atoms with Crippen molar-refractivity contribution in [1.82, 2.24) is 10.2 Å². The van der Waals surface area contributed by atoms with E-state index in [0.29, 0.717) is 24.7 Å². The first kappa shape index (κ1) is 17.3. The summed E-state index contributed by atoms with van der Waals surface area (Å²) >= 11 is 0. The number of nitrogens with one attached hydrogen (secondary N) is 1. The Hall–Kier alpha value is -1.10. The van der Waals surface area contributed by atoms with Crippen molar-refractivity contribution in [1.29, 1.82) is 0 Å². The van der Waals surface area contributed by atoms with Crippen molar-refractivity contribution < 1.29 is 9.53 Å². The summed E-state index contributed by atoms with van der Waals surface area (Å²) in [5, 5.41) is 3.63. The molecule has 2 aliphatic heterocycles. The van der Waals surface area contributed by atoms with E-state index in [1.807, 2.05) is 36.2 Å². The molecule has 2 aliphatic rings. The first-order chi connectivity index (χ1) is 10.2. The van der Waals surface area contributed by atoms with Gasteiger partial charge < -0.3 is 15.0 Å². The van der Waals surface area contributed by atoms with Crippen LogP contribution in [0.25, 0.3) is 0 Å². The van der Waals surface area contributed by atoms with Gasteiger partial charge >= 0.3 is 0 Å². The standard InChI is InChI=1S/C17H24N2O2.ClH/c1-19(16-9-14-6-7-15(10-16)18-14)17(20)13-5-3-4-12(8-13)11-21-2;/h3-5,8,14-16,18H,6-7,9-11H2,1-2H3;1H. The molecule has 2 fully saturated rings. The molecule has 0 spiro atoms. The lowest BCUT2D eigenvalue weighted by molar-refractivity contribution is 0.0681. The van der Waals surface area contributed by atoms with Gasteiger partial charge in [0.1, 0.15) is 0 Å². The van der Waals surface area contributed by atoms with Crippen molar-refractivity contribution in [2.45, 2.75) is 50.4 Å². The molecule has 5 heteroatoms. The molecule has 2 atom stereocenters. The lowest BCUT2D eigenvalue weighted by Gasteiger charge is -2.35. The van der Waals surface area contributed by atoms with E-state index in [-0.39, 0.29) is 18.3 Å². The van der Waals surface area contributed by atoms with Crippen LogP contribution in [0.3, 0.4) is 0 Å². The number of carbonyl (C=O) groups excluding carboxylic acids is 1. The van der Waals surface area contributed by atoms with Crippen molar-refractivity contribution >= 4 is 18.3 Å². The summed E-state index contributed by atoms with van der Waals surface area (Å²) in [7, 11) is 3.62. The third-order valence-electron chi connectivity index (χ3n) is 4.80. The summed E-state index contributed by atoms with van der Waals surface area (Å²) in [6.07, 6.45) is 4.67. The second-order valence-electron chi connectivity index (χ2n) is 6.31. The maximum Gasteiger partial charge on any atom is 0.253 e. The molecule has 0 saturated carbocycles. The van der Waals surface area contributed by atoms with Crippen LogP contribution in [0.1, 0.15) is 41.6 Å². The Morgan fingerprint density at radius 3 is 2.64 bits per heavy atom. The van der Waals surface area contributed by atoms with E-state index in [9.17, 15) is 4.79 Å². The quantitative estimate of drug-likeness (QED) is 0.925. The largest absolute Gasteiger partial charge is 0.380 e. The highest BCUT2D eigenvalue weighted by Gasteiger charge is 2.36. The summed E-state index contributed by atoms with van der Waals surface area (Å²) in [5.74, 6) is 0.124. The topological polar surface area (TPSA) is 41.6 Å². The van der Waals surface area contributed by atoms with Crippen molar-refractivity contribution in [3.63, 3.8) is 0 Å². The number of methoxy groups -OCH3 is 1. The molecule has 2 bridgehead atoms. The van der Waals surface area contributed by atoms with E-state index < -0.39 is 0 Å². The fourth-order valence-electron chi connectivity index (χ4n) is 3.67. The van der Waals surface area contributed by atoms with E-state index in [1.165, 1.54) is 12.8 Å². The summed E-state index contributed by atoms with van der Waals surface area (Å²) in [6.45, 7) is 0.544. The third kappa shape index (κ3) is 3.62. The lowest BCUT2D eigenvalue weighted by Crippen LogP contribution is -2.48. The van der Waals surface area contributed by atoms with Crippen LogP contribution in [0.4, 0.5) is 0 Å². The average molecular weight is 325 g/mol. The molecular weight excluding hydrogens is 300 g/mol. The van der Waals surface area contributed by atoms with Crippen molar-refractivity contribution in [2.75, 3.05) is 14.2 Å². The lowest BCUT2D eigenvalue weighted by atomic mass is 9.97. The Morgan fingerprint density at radius 1 is 1.32 bits per heavy atom. The fourth-order valence-corrected chi connectivity index (χ4v) is 3.67. The molecule has 2 unspecified atom stereocenters.